The van der Waals surface area contributed by atoms with Crippen LogP contribution in [0, 0.1) is 18.2 Å². The zero-order valence-corrected chi connectivity index (χ0v) is 17.6. The Kier molecular flexibility index (Phi) is 6.70. The van der Waals surface area contributed by atoms with E-state index in [-0.39, 0.29) is 17.1 Å². The summed E-state index contributed by atoms with van der Waals surface area (Å²) in [5.74, 6) is -2.93. The van der Waals surface area contributed by atoms with Gasteiger partial charge in [0.05, 0.1) is 0 Å². The van der Waals surface area contributed by atoms with Gasteiger partial charge in [-0.1, -0.05) is 6.07 Å². The van der Waals surface area contributed by atoms with E-state index >= 15 is 0 Å². The van der Waals surface area contributed by atoms with Crippen molar-refractivity contribution in [3.63, 3.8) is 0 Å². The van der Waals surface area contributed by atoms with Crippen LogP contribution in [0.25, 0.3) is 0 Å². The Morgan fingerprint density at radius 1 is 1.23 bits per heavy atom. The first-order chi connectivity index (χ1) is 14.5. The van der Waals surface area contributed by atoms with Gasteiger partial charge in [0.1, 0.15) is 5.82 Å². The first-order valence-electron chi connectivity index (χ1n) is 9.61. The van der Waals surface area contributed by atoms with Crippen LogP contribution < -0.4 is 4.90 Å². The summed E-state index contributed by atoms with van der Waals surface area (Å²) in [6, 6.07) is 10.7. The molecule has 2 fully saturated rings. The van der Waals surface area contributed by atoms with Crippen molar-refractivity contribution in [2.45, 2.75) is 32.5 Å². The molecule has 0 radical (unpaired) electrons. The van der Waals surface area contributed by atoms with E-state index in [1.807, 2.05) is 17.4 Å². The van der Waals surface area contributed by atoms with Gasteiger partial charge in [-0.25, -0.2) is 9.18 Å². The summed E-state index contributed by atoms with van der Waals surface area (Å²) in [7, 11) is 0. The molecule has 31 heavy (non-hydrogen) atoms. The van der Waals surface area contributed by atoms with Crippen molar-refractivity contribution in [1.82, 2.24) is 4.90 Å². The van der Waals surface area contributed by atoms with Gasteiger partial charge >= 0.3 is 12.1 Å². The van der Waals surface area contributed by atoms with Crippen molar-refractivity contribution in [3.05, 3.63) is 52.0 Å². The van der Waals surface area contributed by atoms with Crippen LogP contribution in [0.1, 0.15) is 22.6 Å². The first-order valence-corrected chi connectivity index (χ1v) is 10.4. The Bertz CT molecular complexity index is 962. The number of benzene rings is 1. The second kappa shape index (κ2) is 8.96. The normalized spacial score (nSPS) is 21.5. The van der Waals surface area contributed by atoms with Crippen LogP contribution in [0.2, 0.25) is 0 Å². The van der Waals surface area contributed by atoms with Gasteiger partial charge in [0.25, 0.3) is 0 Å². The molecule has 2 aliphatic rings. The molecule has 5 nitrogen and oxygen atoms in total. The maximum atomic E-state index is 13.5. The summed E-state index contributed by atoms with van der Waals surface area (Å²) in [6.45, 7) is 5.78. The minimum absolute atomic E-state index is 0.0235. The van der Waals surface area contributed by atoms with Crippen LogP contribution in [0.3, 0.4) is 0 Å². The maximum Gasteiger partial charge on any atom is 0.490 e. The highest BCUT2D eigenvalue weighted by Gasteiger charge is 2.47. The molecule has 0 bridgehead atoms. The predicted octanol–water partition coefficient (Wildman–Crippen LogP) is 4.46. The van der Waals surface area contributed by atoms with Crippen LogP contribution in [0.5, 0.6) is 0 Å². The molecule has 10 heteroatoms. The maximum absolute atomic E-state index is 13.5. The zero-order valence-electron chi connectivity index (χ0n) is 16.8. The average molecular weight is 458 g/mol. The Balaban J connectivity index is 0.000000339. The molecule has 2 aromatic rings. The number of aryl methyl sites for hydroxylation is 1. The van der Waals surface area contributed by atoms with Crippen molar-refractivity contribution in [1.29, 1.82) is 0 Å². The third kappa shape index (κ3) is 5.82. The number of carboxylic acid groups (broad SMARTS) is 1. The molecule has 1 amide bonds. The number of anilines is 1. The van der Waals surface area contributed by atoms with Gasteiger partial charge in [0.2, 0.25) is 5.91 Å². The molecule has 4 rings (SSSR count). The fraction of sp³-hybridized carbons (Fsp3) is 0.429. The van der Waals surface area contributed by atoms with E-state index in [2.05, 4.69) is 24.0 Å². The molecule has 1 N–H and O–H groups in total. The van der Waals surface area contributed by atoms with Crippen LogP contribution >= 0.6 is 11.3 Å². The minimum Gasteiger partial charge on any atom is -0.475 e. The highest BCUT2D eigenvalue weighted by Crippen LogP contribution is 2.42. The second-order valence-corrected chi connectivity index (χ2v) is 9.28. The number of hydrogen-bond acceptors (Lipinski definition) is 4. The SMILES string of the molecule is Cc1ccc(CN2CCC3(CC(=O)N(c4cccc(F)c4)C3)C2)s1.O=C(O)C(F)(F)F. The van der Waals surface area contributed by atoms with Gasteiger partial charge in [-0.15, -0.1) is 11.3 Å². The quantitative estimate of drug-likeness (QED) is 0.690. The minimum atomic E-state index is -5.08. The fourth-order valence-electron chi connectivity index (χ4n) is 4.00. The van der Waals surface area contributed by atoms with Crippen LogP contribution in [0.4, 0.5) is 23.2 Å². The standard InChI is InChI=1S/C19H21FN2OS.C2HF3O2/c1-14-5-6-17(24-14)11-21-8-7-19(12-21)10-18(23)22(13-19)16-4-2-3-15(20)9-16;3-2(4,5)1(6)7/h2-6,9H,7-8,10-13H2,1H3;(H,6,7). The topological polar surface area (TPSA) is 60.9 Å². The van der Waals surface area contributed by atoms with E-state index in [0.717, 1.165) is 26.1 Å². The summed E-state index contributed by atoms with van der Waals surface area (Å²) >= 11 is 1.84. The number of amides is 1. The van der Waals surface area contributed by atoms with Crippen molar-refractivity contribution < 1.29 is 32.3 Å². The number of likely N-dealkylation sites (tertiary alicyclic amines) is 1. The van der Waals surface area contributed by atoms with E-state index in [0.29, 0.717) is 18.7 Å². The summed E-state index contributed by atoms with van der Waals surface area (Å²) < 4.78 is 45.2. The third-order valence-electron chi connectivity index (χ3n) is 5.38. The number of alkyl halides is 3. The number of thiophene rings is 1. The molecular weight excluding hydrogens is 436 g/mol. The van der Waals surface area contributed by atoms with Crippen molar-refractivity contribution >= 4 is 28.9 Å². The van der Waals surface area contributed by atoms with Gasteiger partial charge in [-0.2, -0.15) is 13.2 Å². The largest absolute Gasteiger partial charge is 0.490 e. The van der Waals surface area contributed by atoms with Crippen LogP contribution in [-0.2, 0) is 16.1 Å². The summed E-state index contributed by atoms with van der Waals surface area (Å²) in [4.78, 5) is 28.3. The number of rotatable bonds is 3. The van der Waals surface area contributed by atoms with E-state index < -0.39 is 12.1 Å². The Morgan fingerprint density at radius 2 is 1.94 bits per heavy atom. The molecule has 1 aromatic carbocycles. The molecule has 1 aromatic heterocycles. The zero-order chi connectivity index (χ0) is 22.8. The number of hydrogen-bond donors (Lipinski definition) is 1. The molecule has 1 spiro atoms. The Hall–Kier alpha value is -2.46. The van der Waals surface area contributed by atoms with Gasteiger partial charge in [-0.05, 0) is 50.2 Å². The molecule has 1 atom stereocenters. The highest BCUT2D eigenvalue weighted by molar-refractivity contribution is 7.11. The van der Waals surface area contributed by atoms with Crippen molar-refractivity contribution in [2.24, 2.45) is 5.41 Å². The summed E-state index contributed by atoms with van der Waals surface area (Å²) in [5, 5.41) is 7.12. The number of carbonyl (C=O) groups is 2. The van der Waals surface area contributed by atoms with Crippen molar-refractivity contribution in [2.75, 3.05) is 24.5 Å². The fourth-order valence-corrected chi connectivity index (χ4v) is 4.93. The second-order valence-electron chi connectivity index (χ2n) is 7.91. The lowest BCUT2D eigenvalue weighted by atomic mass is 9.86. The molecule has 0 aliphatic carbocycles. The smallest absolute Gasteiger partial charge is 0.475 e. The molecule has 2 aliphatic heterocycles. The lowest BCUT2D eigenvalue weighted by Gasteiger charge is -2.24. The van der Waals surface area contributed by atoms with Gasteiger partial charge < -0.3 is 10.0 Å². The summed E-state index contributed by atoms with van der Waals surface area (Å²) in [5.41, 5.74) is 0.708. The number of aliphatic carboxylic acids is 1. The number of carboxylic acids is 1. The molecule has 2 saturated heterocycles. The lowest BCUT2D eigenvalue weighted by molar-refractivity contribution is -0.192. The first kappa shape index (κ1) is 23.2. The number of nitrogens with zero attached hydrogens (tertiary/aromatic N) is 2. The van der Waals surface area contributed by atoms with E-state index in [9.17, 15) is 22.4 Å². The lowest BCUT2D eigenvalue weighted by Crippen LogP contribution is -2.31. The average Bonchev–Trinajstić information content (AvgIpc) is 3.35. The van der Waals surface area contributed by atoms with E-state index in [1.54, 1.807) is 11.0 Å². The monoisotopic (exact) mass is 458 g/mol. The molecule has 0 saturated carbocycles. The molecular formula is C21H22F4N2O3S. The molecule has 3 heterocycles. The molecule has 1 unspecified atom stereocenters. The van der Waals surface area contributed by atoms with E-state index in [4.69, 9.17) is 9.90 Å². The van der Waals surface area contributed by atoms with E-state index in [1.165, 1.54) is 21.9 Å². The third-order valence-corrected chi connectivity index (χ3v) is 6.36. The Morgan fingerprint density at radius 3 is 2.52 bits per heavy atom. The van der Waals surface area contributed by atoms with Crippen LogP contribution in [0.15, 0.2) is 36.4 Å². The van der Waals surface area contributed by atoms with Gasteiger partial charge in [-0.3, -0.25) is 9.69 Å². The molecule has 168 valence electrons. The van der Waals surface area contributed by atoms with Gasteiger partial charge in [0.15, 0.2) is 0 Å². The summed E-state index contributed by atoms with van der Waals surface area (Å²) in [6.07, 6.45) is -3.47. The Labute approximate surface area is 180 Å². The predicted molar refractivity (Wildman–Crippen MR) is 108 cm³/mol. The van der Waals surface area contributed by atoms with Crippen LogP contribution in [-0.4, -0.2) is 47.7 Å². The van der Waals surface area contributed by atoms with Gasteiger partial charge in [0, 0.05) is 46.9 Å². The highest BCUT2D eigenvalue weighted by atomic mass is 32.1. The number of carbonyl (C=O) groups excluding carboxylic acids is 1. The van der Waals surface area contributed by atoms with Crippen molar-refractivity contribution in [3.8, 4) is 0 Å². The number of halogens is 4.